The maximum absolute atomic E-state index is 12.5. The third-order valence-corrected chi connectivity index (χ3v) is 9.31. The summed E-state index contributed by atoms with van der Waals surface area (Å²) < 4.78 is 32.7. The van der Waals surface area contributed by atoms with Crippen LogP contribution in [0.4, 0.5) is 0 Å². The van der Waals surface area contributed by atoms with Gasteiger partial charge in [-0.3, -0.25) is 18.6 Å². The maximum Gasteiger partial charge on any atom is 0.472 e. The lowest BCUT2D eigenvalue weighted by molar-refractivity contribution is -0.161. The van der Waals surface area contributed by atoms with Crippen molar-refractivity contribution in [2.75, 3.05) is 26.4 Å². The monoisotopic (exact) mass is 790 g/mol. The van der Waals surface area contributed by atoms with Gasteiger partial charge in [0, 0.05) is 19.4 Å². The van der Waals surface area contributed by atoms with Gasteiger partial charge in [-0.1, -0.05) is 150 Å². The Morgan fingerprint density at radius 2 is 1.07 bits per heavy atom. The lowest BCUT2D eigenvalue weighted by Gasteiger charge is -2.19. The van der Waals surface area contributed by atoms with E-state index >= 15 is 0 Å². The standard InChI is InChI=1S/C45H76NO8P/c1-3-5-7-9-11-13-15-17-18-19-20-21-22-23-24-26-27-29-31-33-35-37-44(47)51-41-43(42-53-55(49,50)52-40-39-46)54-45(48)38-36-34-32-30-28-25-16-14-12-10-8-6-4-2/h6,8,10-14,16-18,20-21,23-24,43H,3-5,7,9,15,19,22,25-42,46H2,1-2H3,(H,49,50)/b8-6+,12-10+,13-11+,16-14+,18-17+,21-20+,24-23+. The van der Waals surface area contributed by atoms with Gasteiger partial charge in [0.05, 0.1) is 13.2 Å². The average molecular weight is 790 g/mol. The Bertz CT molecular complexity index is 1170. The van der Waals surface area contributed by atoms with Crippen LogP contribution < -0.4 is 5.73 Å². The molecule has 9 nitrogen and oxygen atoms in total. The van der Waals surface area contributed by atoms with E-state index in [1.54, 1.807) is 0 Å². The third kappa shape index (κ3) is 40.7. The summed E-state index contributed by atoms with van der Waals surface area (Å²) in [5.74, 6) is -0.883. The predicted molar refractivity (Wildman–Crippen MR) is 229 cm³/mol. The van der Waals surface area contributed by atoms with Crippen molar-refractivity contribution < 1.29 is 37.6 Å². The molecule has 0 bridgehead atoms. The largest absolute Gasteiger partial charge is 0.472 e. The molecular weight excluding hydrogens is 713 g/mol. The van der Waals surface area contributed by atoms with Crippen LogP contribution in [0, 0.1) is 0 Å². The molecule has 0 amide bonds. The maximum atomic E-state index is 12.5. The summed E-state index contributed by atoms with van der Waals surface area (Å²) in [7, 11) is -4.39. The number of esters is 2. The van der Waals surface area contributed by atoms with Gasteiger partial charge in [-0.2, -0.15) is 0 Å². The third-order valence-electron chi connectivity index (χ3n) is 8.33. The van der Waals surface area contributed by atoms with Crippen molar-refractivity contribution in [3.63, 3.8) is 0 Å². The molecule has 2 atom stereocenters. The van der Waals surface area contributed by atoms with Crippen molar-refractivity contribution >= 4 is 19.8 Å². The molecule has 0 rings (SSSR count). The number of phosphoric ester groups is 1. The van der Waals surface area contributed by atoms with Crippen LogP contribution in [-0.2, 0) is 32.7 Å². The van der Waals surface area contributed by atoms with Gasteiger partial charge in [-0.15, -0.1) is 0 Å². The predicted octanol–water partition coefficient (Wildman–Crippen LogP) is 12.0. The fourth-order valence-electron chi connectivity index (χ4n) is 5.20. The zero-order chi connectivity index (χ0) is 40.3. The van der Waals surface area contributed by atoms with E-state index in [4.69, 9.17) is 24.3 Å². The molecule has 0 heterocycles. The Morgan fingerprint density at radius 1 is 0.582 bits per heavy atom. The lowest BCUT2D eigenvalue weighted by Crippen LogP contribution is -2.29. The molecule has 0 spiro atoms. The van der Waals surface area contributed by atoms with Crippen LogP contribution in [0.25, 0.3) is 0 Å². The molecule has 314 valence electrons. The molecule has 3 N–H and O–H groups in total. The minimum atomic E-state index is -4.39. The van der Waals surface area contributed by atoms with Gasteiger partial charge in [0.1, 0.15) is 6.61 Å². The zero-order valence-electron chi connectivity index (χ0n) is 34.4. The SMILES string of the molecule is CC/C=C/C=C/C=C/CCCCCCCC(=O)OC(COC(=O)CCCCCCC/C=C/C/C=C/C/C=C/C/C=C/CCCCC)COP(=O)(O)OCCN. The van der Waals surface area contributed by atoms with Gasteiger partial charge in [0.2, 0.25) is 0 Å². The van der Waals surface area contributed by atoms with E-state index in [2.05, 4.69) is 80.7 Å². The van der Waals surface area contributed by atoms with Crippen molar-refractivity contribution in [3.8, 4) is 0 Å². The Hall–Kier alpha value is -2.81. The molecule has 0 aromatic carbocycles. The first-order valence-electron chi connectivity index (χ1n) is 21.1. The number of carbonyl (C=O) groups is 2. The minimum absolute atomic E-state index is 0.0420. The van der Waals surface area contributed by atoms with Gasteiger partial charge in [0.25, 0.3) is 0 Å². The summed E-state index contributed by atoms with van der Waals surface area (Å²) in [5.41, 5.74) is 5.34. The summed E-state index contributed by atoms with van der Waals surface area (Å²) in [5, 5.41) is 0. The normalized spacial score (nSPS) is 14.2. The van der Waals surface area contributed by atoms with E-state index in [1.165, 1.54) is 25.7 Å². The number of unbranched alkanes of at least 4 members (excludes halogenated alkanes) is 13. The van der Waals surface area contributed by atoms with E-state index in [-0.39, 0.29) is 32.6 Å². The van der Waals surface area contributed by atoms with E-state index in [0.717, 1.165) is 89.9 Å². The molecule has 55 heavy (non-hydrogen) atoms. The molecule has 0 aliphatic rings. The van der Waals surface area contributed by atoms with Gasteiger partial charge in [-0.25, -0.2) is 4.57 Å². The van der Waals surface area contributed by atoms with Crippen molar-refractivity contribution in [2.24, 2.45) is 5.73 Å². The van der Waals surface area contributed by atoms with Crippen LogP contribution in [0.15, 0.2) is 85.1 Å². The first kappa shape index (κ1) is 52.2. The second-order valence-corrected chi connectivity index (χ2v) is 15.0. The molecule has 2 unspecified atom stereocenters. The average Bonchev–Trinajstić information content (AvgIpc) is 3.17. The van der Waals surface area contributed by atoms with E-state index in [0.29, 0.717) is 12.8 Å². The zero-order valence-corrected chi connectivity index (χ0v) is 35.3. The lowest BCUT2D eigenvalue weighted by atomic mass is 10.1. The van der Waals surface area contributed by atoms with E-state index < -0.39 is 32.5 Å². The first-order chi connectivity index (χ1) is 26.8. The van der Waals surface area contributed by atoms with Crippen LogP contribution in [0.1, 0.15) is 155 Å². The molecule has 0 aliphatic carbocycles. The van der Waals surface area contributed by atoms with Crippen molar-refractivity contribution in [3.05, 3.63) is 85.1 Å². The summed E-state index contributed by atoms with van der Waals surface area (Å²) in [6.07, 6.45) is 50.4. The second kappa shape index (κ2) is 40.8. The number of nitrogens with two attached hydrogens (primary N) is 1. The smallest absolute Gasteiger partial charge is 0.462 e. The van der Waals surface area contributed by atoms with Gasteiger partial charge >= 0.3 is 19.8 Å². The fraction of sp³-hybridized carbons (Fsp3) is 0.644. The molecule has 0 aliphatic heterocycles. The molecule has 0 saturated carbocycles. The number of ether oxygens (including phenoxy) is 2. The molecular formula is C45H76NO8P. The summed E-state index contributed by atoms with van der Waals surface area (Å²) in [6.45, 7) is 3.50. The Balaban J connectivity index is 4.22. The molecule has 0 aromatic heterocycles. The summed E-state index contributed by atoms with van der Waals surface area (Å²) in [4.78, 5) is 34.8. The molecule has 0 aromatic rings. The van der Waals surface area contributed by atoms with Crippen molar-refractivity contribution in [1.29, 1.82) is 0 Å². The highest BCUT2D eigenvalue weighted by atomic mass is 31.2. The highest BCUT2D eigenvalue weighted by Gasteiger charge is 2.25. The number of hydrogen-bond acceptors (Lipinski definition) is 8. The second-order valence-electron chi connectivity index (χ2n) is 13.5. The topological polar surface area (TPSA) is 134 Å². The van der Waals surface area contributed by atoms with Gasteiger partial charge in [0.15, 0.2) is 6.10 Å². The number of hydrogen-bond donors (Lipinski definition) is 2. The van der Waals surface area contributed by atoms with Crippen LogP contribution in [0.3, 0.4) is 0 Å². The Labute approximate surface area is 334 Å². The van der Waals surface area contributed by atoms with Crippen LogP contribution in [-0.4, -0.2) is 49.3 Å². The summed E-state index contributed by atoms with van der Waals surface area (Å²) >= 11 is 0. The molecule has 0 saturated heterocycles. The molecule has 10 heteroatoms. The minimum Gasteiger partial charge on any atom is -0.462 e. The highest BCUT2D eigenvalue weighted by Crippen LogP contribution is 2.43. The van der Waals surface area contributed by atoms with Crippen LogP contribution in [0.5, 0.6) is 0 Å². The van der Waals surface area contributed by atoms with Gasteiger partial charge in [-0.05, 0) is 77.0 Å². The molecule has 0 radical (unpaired) electrons. The number of phosphoric acid groups is 1. The van der Waals surface area contributed by atoms with Gasteiger partial charge < -0.3 is 20.1 Å². The number of carbonyl (C=O) groups excluding carboxylic acids is 2. The quantitative estimate of drug-likeness (QED) is 0.0206. The Kier molecular flexibility index (Phi) is 38.8. The van der Waals surface area contributed by atoms with Crippen molar-refractivity contribution in [2.45, 2.75) is 161 Å². The Morgan fingerprint density at radius 3 is 1.64 bits per heavy atom. The first-order valence-corrected chi connectivity index (χ1v) is 22.6. The van der Waals surface area contributed by atoms with Crippen LogP contribution >= 0.6 is 7.82 Å². The fourth-order valence-corrected chi connectivity index (χ4v) is 5.97. The number of allylic oxidation sites excluding steroid dienone is 14. The van der Waals surface area contributed by atoms with Crippen LogP contribution in [0.2, 0.25) is 0 Å². The van der Waals surface area contributed by atoms with E-state index in [9.17, 15) is 19.0 Å². The highest BCUT2D eigenvalue weighted by molar-refractivity contribution is 7.47. The van der Waals surface area contributed by atoms with E-state index in [1.807, 2.05) is 18.2 Å². The summed E-state index contributed by atoms with van der Waals surface area (Å²) in [6, 6.07) is 0. The number of rotatable bonds is 38. The molecule has 0 fully saturated rings. The van der Waals surface area contributed by atoms with Crippen molar-refractivity contribution in [1.82, 2.24) is 0 Å².